The van der Waals surface area contributed by atoms with Gasteiger partial charge in [0, 0.05) is 5.56 Å². The molecule has 1 amide bonds. The molecular formula is C33H28BrFN2O3S. The highest BCUT2D eigenvalue weighted by Gasteiger charge is 2.33. The molecule has 4 aromatic rings. The minimum atomic E-state index is -0.329. The molecule has 0 spiro atoms. The fraction of sp³-hybridized carbons (Fsp3) is 0.152. The van der Waals surface area contributed by atoms with E-state index in [0.29, 0.717) is 51.3 Å². The van der Waals surface area contributed by atoms with Crippen LogP contribution in [0, 0.1) is 5.82 Å². The zero-order valence-electron chi connectivity index (χ0n) is 22.4. The summed E-state index contributed by atoms with van der Waals surface area (Å²) in [6.45, 7) is 3.25. The molecule has 5 rings (SSSR count). The molecule has 0 atom stereocenters. The molecule has 0 saturated carbocycles. The second-order valence-electron chi connectivity index (χ2n) is 9.22. The van der Waals surface area contributed by atoms with Crippen molar-refractivity contribution >= 4 is 44.8 Å². The Morgan fingerprint density at radius 3 is 2.32 bits per heavy atom. The predicted molar refractivity (Wildman–Crippen MR) is 166 cm³/mol. The summed E-state index contributed by atoms with van der Waals surface area (Å²) in [5, 5.41) is 0.655. The number of aliphatic imine (C=N–C) groups is 1. The van der Waals surface area contributed by atoms with Crippen molar-refractivity contribution in [1.82, 2.24) is 4.90 Å². The highest BCUT2D eigenvalue weighted by atomic mass is 79.9. The van der Waals surface area contributed by atoms with Crippen LogP contribution in [0.3, 0.4) is 0 Å². The van der Waals surface area contributed by atoms with E-state index >= 15 is 0 Å². The van der Waals surface area contributed by atoms with Crippen LogP contribution in [0.1, 0.15) is 29.2 Å². The topological polar surface area (TPSA) is 51.1 Å². The van der Waals surface area contributed by atoms with Gasteiger partial charge >= 0.3 is 0 Å². The van der Waals surface area contributed by atoms with Gasteiger partial charge in [0.25, 0.3) is 5.91 Å². The summed E-state index contributed by atoms with van der Waals surface area (Å²) in [5.41, 5.74) is 3.30. The van der Waals surface area contributed by atoms with E-state index in [4.69, 9.17) is 14.5 Å². The molecule has 1 fully saturated rings. The Morgan fingerprint density at radius 1 is 0.927 bits per heavy atom. The fourth-order valence-corrected chi connectivity index (χ4v) is 5.81. The van der Waals surface area contributed by atoms with Gasteiger partial charge in [0.1, 0.15) is 12.4 Å². The molecule has 41 heavy (non-hydrogen) atoms. The van der Waals surface area contributed by atoms with Crippen LogP contribution in [-0.4, -0.2) is 22.6 Å². The summed E-state index contributed by atoms with van der Waals surface area (Å²) < 4.78 is 26.6. The van der Waals surface area contributed by atoms with E-state index in [2.05, 4.69) is 15.9 Å². The second kappa shape index (κ2) is 13.7. The molecule has 0 unspecified atom stereocenters. The molecule has 1 saturated heterocycles. The number of thioether (sulfide) groups is 1. The predicted octanol–water partition coefficient (Wildman–Crippen LogP) is 8.24. The van der Waals surface area contributed by atoms with E-state index in [-0.39, 0.29) is 18.3 Å². The largest absolute Gasteiger partial charge is 0.490 e. The maximum atomic E-state index is 14.1. The lowest BCUT2D eigenvalue weighted by Crippen LogP contribution is -2.28. The van der Waals surface area contributed by atoms with Gasteiger partial charge in [-0.15, -0.1) is 0 Å². The summed E-state index contributed by atoms with van der Waals surface area (Å²) in [4.78, 5) is 20.7. The van der Waals surface area contributed by atoms with E-state index < -0.39 is 0 Å². The zero-order chi connectivity index (χ0) is 28.6. The number of carbonyl (C=O) groups excluding carboxylic acids is 1. The lowest BCUT2D eigenvalue weighted by atomic mass is 10.1. The number of hydrogen-bond acceptors (Lipinski definition) is 5. The quantitative estimate of drug-likeness (QED) is 0.166. The normalized spacial score (nSPS) is 15.1. The third-order valence-corrected chi connectivity index (χ3v) is 7.90. The van der Waals surface area contributed by atoms with Crippen LogP contribution < -0.4 is 9.47 Å². The molecule has 0 radical (unpaired) electrons. The van der Waals surface area contributed by atoms with Crippen LogP contribution in [0.5, 0.6) is 11.5 Å². The first kappa shape index (κ1) is 28.6. The van der Waals surface area contributed by atoms with Crippen molar-refractivity contribution in [2.45, 2.75) is 26.6 Å². The number of benzene rings is 4. The second-order valence-corrected chi connectivity index (χ2v) is 11.1. The van der Waals surface area contributed by atoms with Gasteiger partial charge in [0.2, 0.25) is 0 Å². The summed E-state index contributed by atoms with van der Waals surface area (Å²) in [6, 6.07) is 30.0. The molecule has 1 aliphatic heterocycles. The number of hydrogen-bond donors (Lipinski definition) is 0. The first-order valence-corrected chi connectivity index (χ1v) is 14.8. The Bertz CT molecular complexity index is 1580. The standard InChI is InChI=1S/C33H28BrFN2O3S/c1-2-39-29-18-25(17-27(34)31(29)40-22-26-15-9-10-16-28(26)35)19-30-32(38)37(21-24-13-7-4-8-14-24)33(41-30)36-20-23-11-5-3-6-12-23/h3-19H,2,20-22H2,1H3/b30-19+,36-33?. The summed E-state index contributed by atoms with van der Waals surface area (Å²) in [7, 11) is 0. The third-order valence-electron chi connectivity index (χ3n) is 6.27. The molecule has 1 heterocycles. The van der Waals surface area contributed by atoms with Crippen molar-refractivity contribution in [3.63, 3.8) is 0 Å². The number of carbonyl (C=O) groups is 1. The van der Waals surface area contributed by atoms with Gasteiger partial charge in [-0.3, -0.25) is 14.7 Å². The molecule has 0 aliphatic carbocycles. The highest BCUT2D eigenvalue weighted by Crippen LogP contribution is 2.40. The van der Waals surface area contributed by atoms with Gasteiger partial charge < -0.3 is 9.47 Å². The van der Waals surface area contributed by atoms with Crippen LogP contribution in [0.4, 0.5) is 4.39 Å². The smallest absolute Gasteiger partial charge is 0.267 e. The van der Waals surface area contributed by atoms with Gasteiger partial charge in [-0.05, 0) is 75.6 Å². The fourth-order valence-electron chi connectivity index (χ4n) is 4.26. The zero-order valence-corrected chi connectivity index (χ0v) is 24.8. The van der Waals surface area contributed by atoms with Crippen LogP contribution in [0.2, 0.25) is 0 Å². The van der Waals surface area contributed by atoms with Crippen LogP contribution in [0.25, 0.3) is 6.08 Å². The van der Waals surface area contributed by atoms with Crippen molar-refractivity contribution in [2.75, 3.05) is 6.61 Å². The molecule has 5 nitrogen and oxygen atoms in total. The number of ether oxygens (including phenoxy) is 2. The Morgan fingerprint density at radius 2 is 1.61 bits per heavy atom. The SMILES string of the molecule is CCOc1cc(/C=C2/SC(=NCc3ccccc3)N(Cc3ccccc3)C2=O)cc(Br)c1OCc1ccccc1F. The monoisotopic (exact) mass is 630 g/mol. The maximum absolute atomic E-state index is 14.1. The third kappa shape index (κ3) is 7.26. The van der Waals surface area contributed by atoms with Crippen molar-refractivity contribution in [3.05, 3.63) is 135 Å². The Kier molecular flexibility index (Phi) is 9.54. The molecule has 0 aromatic heterocycles. The molecule has 208 valence electrons. The van der Waals surface area contributed by atoms with E-state index in [9.17, 15) is 9.18 Å². The van der Waals surface area contributed by atoms with Crippen molar-refractivity contribution in [1.29, 1.82) is 0 Å². The molecular weight excluding hydrogens is 603 g/mol. The van der Waals surface area contributed by atoms with E-state index in [1.165, 1.54) is 17.8 Å². The molecule has 4 aromatic carbocycles. The number of amidine groups is 1. The van der Waals surface area contributed by atoms with E-state index in [0.717, 1.165) is 16.7 Å². The first-order chi connectivity index (χ1) is 20.0. The van der Waals surface area contributed by atoms with Crippen molar-refractivity contribution < 1.29 is 18.7 Å². The summed E-state index contributed by atoms with van der Waals surface area (Å²) in [6.07, 6.45) is 1.84. The minimum Gasteiger partial charge on any atom is -0.490 e. The number of amides is 1. The Balaban J connectivity index is 1.43. The van der Waals surface area contributed by atoms with E-state index in [1.54, 1.807) is 23.1 Å². The molecule has 0 N–H and O–H groups in total. The summed E-state index contributed by atoms with van der Waals surface area (Å²) >= 11 is 4.95. The first-order valence-electron chi connectivity index (χ1n) is 13.2. The van der Waals surface area contributed by atoms with Crippen LogP contribution >= 0.6 is 27.7 Å². The average molecular weight is 632 g/mol. The molecule has 0 bridgehead atoms. The molecule has 8 heteroatoms. The van der Waals surface area contributed by atoms with Gasteiger partial charge in [-0.25, -0.2) is 4.39 Å². The van der Waals surface area contributed by atoms with Gasteiger partial charge in [-0.1, -0.05) is 78.9 Å². The minimum absolute atomic E-state index is 0.0514. The number of rotatable bonds is 10. The van der Waals surface area contributed by atoms with E-state index in [1.807, 2.05) is 85.8 Å². The van der Waals surface area contributed by atoms with Gasteiger partial charge in [0.05, 0.1) is 29.1 Å². The molecule has 1 aliphatic rings. The van der Waals surface area contributed by atoms with Crippen LogP contribution in [0.15, 0.2) is 111 Å². The highest BCUT2D eigenvalue weighted by molar-refractivity contribution is 9.10. The van der Waals surface area contributed by atoms with Crippen LogP contribution in [-0.2, 0) is 24.5 Å². The maximum Gasteiger partial charge on any atom is 0.267 e. The van der Waals surface area contributed by atoms with Gasteiger partial charge in [0.15, 0.2) is 16.7 Å². The number of halogens is 2. The van der Waals surface area contributed by atoms with Crippen molar-refractivity contribution in [2.24, 2.45) is 4.99 Å². The average Bonchev–Trinajstić information content (AvgIpc) is 3.27. The Hall–Kier alpha value is -3.88. The van der Waals surface area contributed by atoms with Gasteiger partial charge in [-0.2, -0.15) is 0 Å². The Labute approximate surface area is 251 Å². The number of nitrogens with zero attached hydrogens (tertiary/aromatic N) is 2. The van der Waals surface area contributed by atoms with Crippen molar-refractivity contribution in [3.8, 4) is 11.5 Å². The lowest BCUT2D eigenvalue weighted by molar-refractivity contribution is -0.122. The summed E-state index contributed by atoms with van der Waals surface area (Å²) in [5.74, 6) is 0.530. The lowest BCUT2D eigenvalue weighted by Gasteiger charge is -2.16.